The van der Waals surface area contributed by atoms with E-state index in [9.17, 15) is 23.1 Å². The largest absolute Gasteiger partial charge is 0.506 e. The molecule has 0 amide bonds. The molecule has 0 aliphatic carbocycles. The standard InChI is InChI=1S/C14H10ClNO6S/c15-8-1-3-9(4-2-8)23(21,22)13-6-5-10(16-13)11(17)7-12(18)14(19)20/h1-7,16-17H,(H,19,20). The minimum Gasteiger partial charge on any atom is -0.506 e. The Morgan fingerprint density at radius 3 is 2.22 bits per heavy atom. The predicted octanol–water partition coefficient (Wildman–Crippen LogP) is 2.05. The summed E-state index contributed by atoms with van der Waals surface area (Å²) in [6, 6.07) is 7.88. The van der Waals surface area contributed by atoms with Crippen molar-refractivity contribution in [3.05, 3.63) is 53.2 Å². The Labute approximate surface area is 135 Å². The van der Waals surface area contributed by atoms with Crippen LogP contribution in [0.15, 0.2) is 52.4 Å². The molecule has 0 atom stereocenters. The van der Waals surface area contributed by atoms with E-state index in [4.69, 9.17) is 16.7 Å². The van der Waals surface area contributed by atoms with Crippen molar-refractivity contribution in [1.82, 2.24) is 4.98 Å². The number of carboxylic acids is 1. The van der Waals surface area contributed by atoms with Gasteiger partial charge in [-0.15, -0.1) is 0 Å². The van der Waals surface area contributed by atoms with Crippen LogP contribution in [0.1, 0.15) is 5.69 Å². The smallest absolute Gasteiger partial charge is 0.376 e. The molecule has 2 rings (SSSR count). The number of ketones is 1. The number of aliphatic carboxylic acids is 1. The molecule has 3 N–H and O–H groups in total. The quantitative estimate of drug-likeness (QED) is 0.428. The minimum absolute atomic E-state index is 0.0135. The topological polar surface area (TPSA) is 125 Å². The van der Waals surface area contributed by atoms with Crippen molar-refractivity contribution in [1.29, 1.82) is 0 Å². The number of benzene rings is 1. The molecule has 2 aromatic rings. The molecule has 0 saturated carbocycles. The first-order valence-electron chi connectivity index (χ1n) is 6.10. The van der Waals surface area contributed by atoms with Gasteiger partial charge in [-0.25, -0.2) is 13.2 Å². The van der Waals surface area contributed by atoms with Gasteiger partial charge in [0.1, 0.15) is 10.8 Å². The molecule has 0 bridgehead atoms. The molecule has 0 radical (unpaired) electrons. The van der Waals surface area contributed by atoms with E-state index in [0.29, 0.717) is 11.1 Å². The van der Waals surface area contributed by atoms with Crippen LogP contribution >= 0.6 is 11.6 Å². The second-order valence-electron chi connectivity index (χ2n) is 4.39. The Bertz CT molecular complexity index is 896. The van der Waals surface area contributed by atoms with Crippen LogP contribution in [-0.4, -0.2) is 35.4 Å². The third-order valence-corrected chi connectivity index (χ3v) is 4.79. The molecular weight excluding hydrogens is 346 g/mol. The number of aromatic amines is 1. The van der Waals surface area contributed by atoms with Gasteiger partial charge >= 0.3 is 5.97 Å². The number of aliphatic hydroxyl groups excluding tert-OH is 1. The van der Waals surface area contributed by atoms with Gasteiger partial charge in [0.05, 0.1) is 10.6 Å². The fourth-order valence-electron chi connectivity index (χ4n) is 1.69. The molecule has 0 spiro atoms. The van der Waals surface area contributed by atoms with Crippen LogP contribution < -0.4 is 0 Å². The zero-order valence-electron chi connectivity index (χ0n) is 11.4. The summed E-state index contributed by atoms with van der Waals surface area (Å²) in [6.45, 7) is 0. The first kappa shape index (κ1) is 16.8. The number of aromatic nitrogens is 1. The number of sulfone groups is 1. The summed E-state index contributed by atoms with van der Waals surface area (Å²) in [5.74, 6) is -3.76. The van der Waals surface area contributed by atoms with E-state index in [1.54, 1.807) is 0 Å². The van der Waals surface area contributed by atoms with Crippen molar-refractivity contribution < 1.29 is 28.2 Å². The molecule has 0 aliphatic rings. The monoisotopic (exact) mass is 355 g/mol. The molecule has 0 aliphatic heterocycles. The SMILES string of the molecule is O=C(O)C(=O)C=C(O)c1ccc(S(=O)(=O)c2ccc(Cl)cc2)[nH]1. The van der Waals surface area contributed by atoms with Gasteiger partial charge in [-0.05, 0) is 36.4 Å². The number of nitrogens with one attached hydrogen (secondary N) is 1. The first-order valence-corrected chi connectivity index (χ1v) is 7.96. The van der Waals surface area contributed by atoms with Gasteiger partial charge in [0.15, 0.2) is 0 Å². The average molecular weight is 356 g/mol. The Kier molecular flexibility index (Phi) is 4.57. The van der Waals surface area contributed by atoms with Crippen molar-refractivity contribution in [2.75, 3.05) is 0 Å². The third kappa shape index (κ3) is 3.61. The van der Waals surface area contributed by atoms with E-state index >= 15 is 0 Å². The predicted molar refractivity (Wildman–Crippen MR) is 80.9 cm³/mol. The summed E-state index contributed by atoms with van der Waals surface area (Å²) in [4.78, 5) is 23.8. The van der Waals surface area contributed by atoms with Crippen LogP contribution in [0.4, 0.5) is 0 Å². The van der Waals surface area contributed by atoms with Gasteiger partial charge in [-0.3, -0.25) is 4.79 Å². The van der Waals surface area contributed by atoms with Crippen molar-refractivity contribution in [2.24, 2.45) is 0 Å². The van der Waals surface area contributed by atoms with Crippen LogP contribution in [0.25, 0.3) is 5.76 Å². The van der Waals surface area contributed by atoms with E-state index in [2.05, 4.69) is 4.98 Å². The normalized spacial score (nSPS) is 12.1. The number of aliphatic hydroxyl groups is 1. The maximum Gasteiger partial charge on any atom is 0.376 e. The highest BCUT2D eigenvalue weighted by molar-refractivity contribution is 7.91. The highest BCUT2D eigenvalue weighted by Gasteiger charge is 2.20. The van der Waals surface area contributed by atoms with Crippen molar-refractivity contribution in [2.45, 2.75) is 9.92 Å². The molecule has 1 heterocycles. The molecule has 1 aromatic heterocycles. The number of rotatable bonds is 5. The second-order valence-corrected chi connectivity index (χ2v) is 6.75. The lowest BCUT2D eigenvalue weighted by Gasteiger charge is -2.02. The van der Waals surface area contributed by atoms with E-state index in [0.717, 1.165) is 0 Å². The van der Waals surface area contributed by atoms with E-state index in [1.807, 2.05) is 0 Å². The third-order valence-electron chi connectivity index (χ3n) is 2.83. The van der Waals surface area contributed by atoms with Gasteiger partial charge in [-0.1, -0.05) is 11.6 Å². The first-order chi connectivity index (χ1) is 10.7. The highest BCUT2D eigenvalue weighted by Crippen LogP contribution is 2.23. The van der Waals surface area contributed by atoms with Crippen LogP contribution in [0, 0.1) is 0 Å². The number of carbonyl (C=O) groups excluding carboxylic acids is 1. The van der Waals surface area contributed by atoms with Crippen molar-refractivity contribution >= 4 is 38.9 Å². The van der Waals surface area contributed by atoms with E-state index in [-0.39, 0.29) is 15.6 Å². The van der Waals surface area contributed by atoms with Gasteiger partial charge in [-0.2, -0.15) is 0 Å². The molecule has 0 unspecified atom stereocenters. The number of carbonyl (C=O) groups is 2. The number of H-pyrrole nitrogens is 1. The highest BCUT2D eigenvalue weighted by atomic mass is 35.5. The summed E-state index contributed by atoms with van der Waals surface area (Å²) >= 11 is 5.70. The van der Waals surface area contributed by atoms with Crippen LogP contribution in [0.5, 0.6) is 0 Å². The Hall–Kier alpha value is -2.58. The number of hydrogen-bond donors (Lipinski definition) is 3. The van der Waals surface area contributed by atoms with E-state index < -0.39 is 27.3 Å². The summed E-state index contributed by atoms with van der Waals surface area (Å²) in [5.41, 5.74) is -0.105. The second kappa shape index (κ2) is 6.27. The maximum atomic E-state index is 12.4. The summed E-state index contributed by atoms with van der Waals surface area (Å²) < 4.78 is 24.7. The molecular formula is C14H10ClNO6S. The number of carboxylic acid groups (broad SMARTS) is 1. The van der Waals surface area contributed by atoms with Gasteiger partial charge < -0.3 is 15.2 Å². The van der Waals surface area contributed by atoms with Crippen molar-refractivity contribution in [3.63, 3.8) is 0 Å². The zero-order chi connectivity index (χ0) is 17.2. The molecule has 9 heteroatoms. The molecule has 23 heavy (non-hydrogen) atoms. The van der Waals surface area contributed by atoms with Gasteiger partial charge in [0.2, 0.25) is 9.84 Å². The Balaban J connectivity index is 2.37. The average Bonchev–Trinajstić information content (AvgIpc) is 2.98. The van der Waals surface area contributed by atoms with Crippen LogP contribution in [0.3, 0.4) is 0 Å². The fraction of sp³-hybridized carbons (Fsp3) is 0. The van der Waals surface area contributed by atoms with Crippen LogP contribution in [-0.2, 0) is 19.4 Å². The summed E-state index contributed by atoms with van der Waals surface area (Å²) in [7, 11) is -3.87. The Morgan fingerprint density at radius 1 is 1.04 bits per heavy atom. The molecule has 1 aromatic carbocycles. The van der Waals surface area contributed by atoms with Gasteiger partial charge in [0, 0.05) is 11.1 Å². The molecule has 7 nitrogen and oxygen atoms in total. The van der Waals surface area contributed by atoms with Crippen molar-refractivity contribution in [3.8, 4) is 0 Å². The molecule has 0 saturated heterocycles. The fourth-order valence-corrected chi connectivity index (χ4v) is 3.05. The molecule has 120 valence electrons. The number of hydrogen-bond acceptors (Lipinski definition) is 5. The lowest BCUT2D eigenvalue weighted by atomic mass is 10.3. The lowest BCUT2D eigenvalue weighted by molar-refractivity contribution is -0.146. The van der Waals surface area contributed by atoms with E-state index in [1.165, 1.54) is 36.4 Å². The minimum atomic E-state index is -3.87. The number of halogens is 1. The summed E-state index contributed by atoms with van der Waals surface area (Å²) in [6.07, 6.45) is 0.479. The molecule has 0 fully saturated rings. The van der Waals surface area contributed by atoms with Gasteiger partial charge in [0.25, 0.3) is 5.78 Å². The maximum absolute atomic E-state index is 12.4. The zero-order valence-corrected chi connectivity index (χ0v) is 12.9. The van der Waals surface area contributed by atoms with Crippen LogP contribution in [0.2, 0.25) is 5.02 Å². The summed E-state index contributed by atoms with van der Waals surface area (Å²) in [5, 5.41) is 18.3. The Morgan fingerprint density at radius 2 is 1.65 bits per heavy atom. The lowest BCUT2D eigenvalue weighted by Crippen LogP contribution is -2.09.